The zero-order chi connectivity index (χ0) is 14.5. The summed E-state index contributed by atoms with van der Waals surface area (Å²) in [4.78, 5) is 8.55. The van der Waals surface area contributed by atoms with E-state index in [2.05, 4.69) is 54.1 Å². The first-order chi connectivity index (χ1) is 9.60. The summed E-state index contributed by atoms with van der Waals surface area (Å²) < 4.78 is 7.58. The smallest absolute Gasteiger partial charge is 0.238 e. The van der Waals surface area contributed by atoms with Crippen molar-refractivity contribution >= 4 is 37.8 Å². The predicted molar refractivity (Wildman–Crippen MR) is 87.5 cm³/mol. The SMILES string of the molecule is CCCNc1ncc(Br)c(Oc2ccc(Br)c(C)c2)n1. The van der Waals surface area contributed by atoms with Gasteiger partial charge in [0.25, 0.3) is 0 Å². The Kier molecular flexibility index (Phi) is 5.37. The van der Waals surface area contributed by atoms with Gasteiger partial charge in [0.1, 0.15) is 5.75 Å². The van der Waals surface area contributed by atoms with Crippen molar-refractivity contribution in [3.05, 3.63) is 38.9 Å². The minimum Gasteiger partial charge on any atom is -0.438 e. The van der Waals surface area contributed by atoms with Crippen LogP contribution in [-0.2, 0) is 0 Å². The van der Waals surface area contributed by atoms with Crippen LogP contribution in [0.15, 0.2) is 33.3 Å². The summed E-state index contributed by atoms with van der Waals surface area (Å²) in [7, 11) is 0. The lowest BCUT2D eigenvalue weighted by atomic mass is 10.2. The van der Waals surface area contributed by atoms with E-state index in [1.54, 1.807) is 6.20 Å². The molecule has 1 heterocycles. The molecule has 0 saturated heterocycles. The molecule has 1 aromatic heterocycles. The van der Waals surface area contributed by atoms with Gasteiger partial charge in [-0.1, -0.05) is 22.9 Å². The predicted octanol–water partition coefficient (Wildman–Crippen LogP) is 4.92. The summed E-state index contributed by atoms with van der Waals surface area (Å²) in [5.41, 5.74) is 1.11. The summed E-state index contributed by atoms with van der Waals surface area (Å²) >= 11 is 6.87. The molecule has 1 aromatic carbocycles. The van der Waals surface area contributed by atoms with Crippen LogP contribution in [0, 0.1) is 6.92 Å². The molecule has 1 N–H and O–H groups in total. The molecule has 2 aromatic rings. The van der Waals surface area contributed by atoms with Gasteiger partial charge in [0.2, 0.25) is 11.8 Å². The van der Waals surface area contributed by atoms with Crippen molar-refractivity contribution in [2.45, 2.75) is 20.3 Å². The number of aryl methyl sites for hydroxylation is 1. The summed E-state index contributed by atoms with van der Waals surface area (Å²) in [5.74, 6) is 1.81. The summed E-state index contributed by atoms with van der Waals surface area (Å²) in [6, 6.07) is 5.80. The normalized spacial score (nSPS) is 10.4. The fourth-order valence-electron chi connectivity index (χ4n) is 1.54. The maximum Gasteiger partial charge on any atom is 0.238 e. The van der Waals surface area contributed by atoms with E-state index < -0.39 is 0 Å². The monoisotopic (exact) mass is 399 g/mol. The zero-order valence-electron chi connectivity index (χ0n) is 11.3. The molecule has 2 rings (SSSR count). The van der Waals surface area contributed by atoms with E-state index in [-0.39, 0.29) is 0 Å². The van der Waals surface area contributed by atoms with Crippen molar-refractivity contribution in [2.75, 3.05) is 11.9 Å². The van der Waals surface area contributed by atoms with Gasteiger partial charge >= 0.3 is 0 Å². The quantitative estimate of drug-likeness (QED) is 0.773. The maximum atomic E-state index is 5.81. The van der Waals surface area contributed by atoms with E-state index in [4.69, 9.17) is 4.74 Å². The van der Waals surface area contributed by atoms with Crippen LogP contribution in [0.4, 0.5) is 5.95 Å². The summed E-state index contributed by atoms with van der Waals surface area (Å²) in [5, 5.41) is 3.14. The number of halogens is 2. The molecule has 4 nitrogen and oxygen atoms in total. The van der Waals surface area contributed by atoms with Crippen molar-refractivity contribution in [1.82, 2.24) is 9.97 Å². The van der Waals surface area contributed by atoms with E-state index in [9.17, 15) is 0 Å². The molecule has 0 amide bonds. The molecule has 0 atom stereocenters. The first-order valence-electron chi connectivity index (χ1n) is 6.30. The average Bonchev–Trinajstić information content (AvgIpc) is 2.44. The van der Waals surface area contributed by atoms with E-state index in [1.807, 2.05) is 25.1 Å². The molecule has 0 saturated carbocycles. The minimum atomic E-state index is 0.500. The van der Waals surface area contributed by atoms with E-state index in [0.717, 1.165) is 33.2 Å². The lowest BCUT2D eigenvalue weighted by Crippen LogP contribution is -2.05. The largest absolute Gasteiger partial charge is 0.438 e. The molecule has 106 valence electrons. The standard InChI is InChI=1S/C14H15Br2N3O/c1-3-6-17-14-18-8-12(16)13(19-14)20-10-4-5-11(15)9(2)7-10/h4-5,7-8H,3,6H2,1-2H3,(H,17,18,19). The first-order valence-corrected chi connectivity index (χ1v) is 7.89. The minimum absolute atomic E-state index is 0.500. The summed E-state index contributed by atoms with van der Waals surface area (Å²) in [6.45, 7) is 4.94. The number of rotatable bonds is 5. The Morgan fingerprint density at radius 1 is 1.25 bits per heavy atom. The number of aromatic nitrogens is 2. The van der Waals surface area contributed by atoms with Crippen LogP contribution in [0.3, 0.4) is 0 Å². The van der Waals surface area contributed by atoms with Gasteiger partial charge in [-0.3, -0.25) is 0 Å². The number of ether oxygens (including phenoxy) is 1. The average molecular weight is 401 g/mol. The fourth-order valence-corrected chi connectivity index (χ4v) is 2.06. The van der Waals surface area contributed by atoms with Crippen LogP contribution in [0.1, 0.15) is 18.9 Å². The highest BCUT2D eigenvalue weighted by molar-refractivity contribution is 9.10. The van der Waals surface area contributed by atoms with Gasteiger partial charge in [0.05, 0.1) is 10.7 Å². The Morgan fingerprint density at radius 2 is 2.05 bits per heavy atom. The highest BCUT2D eigenvalue weighted by atomic mass is 79.9. The topological polar surface area (TPSA) is 47.0 Å². The lowest BCUT2D eigenvalue weighted by Gasteiger charge is -2.10. The second kappa shape index (κ2) is 7.04. The molecule has 20 heavy (non-hydrogen) atoms. The van der Waals surface area contributed by atoms with Gasteiger partial charge in [0.15, 0.2) is 0 Å². The number of benzene rings is 1. The Hall–Kier alpha value is -1.14. The number of nitrogens with zero attached hydrogens (tertiary/aromatic N) is 2. The first kappa shape index (κ1) is 15.3. The molecule has 0 spiro atoms. The van der Waals surface area contributed by atoms with Crippen LogP contribution >= 0.6 is 31.9 Å². The molecule has 0 aliphatic rings. The van der Waals surface area contributed by atoms with Gasteiger partial charge in [-0.25, -0.2) is 4.98 Å². The van der Waals surface area contributed by atoms with Crippen LogP contribution in [0.25, 0.3) is 0 Å². The van der Waals surface area contributed by atoms with Gasteiger partial charge < -0.3 is 10.1 Å². The van der Waals surface area contributed by atoms with Crippen molar-refractivity contribution in [2.24, 2.45) is 0 Å². The van der Waals surface area contributed by atoms with Crippen molar-refractivity contribution in [3.8, 4) is 11.6 Å². The van der Waals surface area contributed by atoms with Gasteiger partial charge in [-0.05, 0) is 53.0 Å². The number of anilines is 1. The fraction of sp³-hybridized carbons (Fsp3) is 0.286. The highest BCUT2D eigenvalue weighted by Crippen LogP contribution is 2.30. The molecule has 0 unspecified atom stereocenters. The van der Waals surface area contributed by atoms with E-state index >= 15 is 0 Å². The van der Waals surface area contributed by atoms with Crippen LogP contribution in [-0.4, -0.2) is 16.5 Å². The van der Waals surface area contributed by atoms with Crippen molar-refractivity contribution in [1.29, 1.82) is 0 Å². The molecule has 0 aliphatic carbocycles. The van der Waals surface area contributed by atoms with Gasteiger partial charge in [0, 0.05) is 11.0 Å². The molecular formula is C14H15Br2N3O. The Bertz CT molecular complexity index is 605. The maximum absolute atomic E-state index is 5.81. The zero-order valence-corrected chi connectivity index (χ0v) is 14.5. The molecule has 0 fully saturated rings. The van der Waals surface area contributed by atoms with E-state index in [0.29, 0.717) is 11.8 Å². The Balaban J connectivity index is 2.20. The molecule has 0 radical (unpaired) electrons. The molecule has 6 heteroatoms. The highest BCUT2D eigenvalue weighted by Gasteiger charge is 2.08. The third kappa shape index (κ3) is 3.93. The third-order valence-corrected chi connectivity index (χ3v) is 4.02. The number of hydrogen-bond donors (Lipinski definition) is 1. The molecule has 0 aliphatic heterocycles. The van der Waals surface area contributed by atoms with E-state index in [1.165, 1.54) is 0 Å². The van der Waals surface area contributed by atoms with Gasteiger partial charge in [-0.2, -0.15) is 4.98 Å². The lowest BCUT2D eigenvalue weighted by molar-refractivity contribution is 0.458. The molecular weight excluding hydrogens is 386 g/mol. The van der Waals surface area contributed by atoms with Crippen LogP contribution < -0.4 is 10.1 Å². The van der Waals surface area contributed by atoms with Crippen LogP contribution in [0.2, 0.25) is 0 Å². The molecule has 0 bridgehead atoms. The van der Waals surface area contributed by atoms with Crippen molar-refractivity contribution in [3.63, 3.8) is 0 Å². The van der Waals surface area contributed by atoms with Gasteiger partial charge in [-0.15, -0.1) is 0 Å². The second-order valence-electron chi connectivity index (χ2n) is 4.29. The Labute approximate surface area is 135 Å². The summed E-state index contributed by atoms with van der Waals surface area (Å²) in [6.07, 6.45) is 2.70. The number of hydrogen-bond acceptors (Lipinski definition) is 4. The third-order valence-electron chi connectivity index (χ3n) is 2.59. The second-order valence-corrected chi connectivity index (χ2v) is 6.00. The van der Waals surface area contributed by atoms with Crippen LogP contribution in [0.5, 0.6) is 11.6 Å². The number of nitrogens with one attached hydrogen (secondary N) is 1. The Morgan fingerprint density at radius 3 is 2.75 bits per heavy atom. The van der Waals surface area contributed by atoms with Crippen molar-refractivity contribution < 1.29 is 4.74 Å².